The molecule has 0 unspecified atom stereocenters. The van der Waals surface area contributed by atoms with E-state index in [1.807, 2.05) is 19.1 Å². The number of aryl methyl sites for hydroxylation is 1. The monoisotopic (exact) mass is 338 g/mol. The smallest absolute Gasteiger partial charge is 0.166 e. The largest absolute Gasteiger partial charge is 0.469 e. The lowest BCUT2D eigenvalue weighted by Gasteiger charge is -2.08. The molecule has 0 spiro atoms. The van der Waals surface area contributed by atoms with Crippen LogP contribution in [-0.2, 0) is 0 Å². The predicted octanol–water partition coefficient (Wildman–Crippen LogP) is 5.67. The van der Waals surface area contributed by atoms with Gasteiger partial charge in [-0.15, -0.1) is 0 Å². The van der Waals surface area contributed by atoms with Crippen molar-refractivity contribution in [1.82, 2.24) is 9.97 Å². The third-order valence-electron chi connectivity index (χ3n) is 3.03. The van der Waals surface area contributed by atoms with Crippen LogP contribution in [0.5, 0.6) is 0 Å². The standard InChI is InChI=1S/C15H9Cl3N2O/c1-8-11(5-6-21-8)15-19-13(17)12(14(18)20-15)9-3-2-4-10(16)7-9/h2-7H,1H3. The van der Waals surface area contributed by atoms with Crippen molar-refractivity contribution in [2.75, 3.05) is 0 Å². The zero-order chi connectivity index (χ0) is 15.0. The number of rotatable bonds is 2. The molecule has 3 aromatic rings. The topological polar surface area (TPSA) is 38.9 Å². The molecule has 3 rings (SSSR count). The van der Waals surface area contributed by atoms with E-state index < -0.39 is 0 Å². The van der Waals surface area contributed by atoms with Crippen LogP contribution in [0.3, 0.4) is 0 Å². The van der Waals surface area contributed by atoms with E-state index in [9.17, 15) is 0 Å². The lowest BCUT2D eigenvalue weighted by Crippen LogP contribution is -1.94. The van der Waals surface area contributed by atoms with Crippen molar-refractivity contribution < 1.29 is 4.42 Å². The van der Waals surface area contributed by atoms with Crippen LogP contribution >= 0.6 is 34.8 Å². The van der Waals surface area contributed by atoms with E-state index in [0.717, 1.165) is 11.1 Å². The summed E-state index contributed by atoms with van der Waals surface area (Å²) in [6.07, 6.45) is 1.57. The van der Waals surface area contributed by atoms with Gasteiger partial charge in [0.05, 0.1) is 17.4 Å². The predicted molar refractivity (Wildman–Crippen MR) is 84.9 cm³/mol. The van der Waals surface area contributed by atoms with Gasteiger partial charge in [-0.2, -0.15) is 0 Å². The minimum Gasteiger partial charge on any atom is -0.469 e. The Morgan fingerprint density at radius 2 is 1.71 bits per heavy atom. The first kappa shape index (κ1) is 14.4. The highest BCUT2D eigenvalue weighted by Crippen LogP contribution is 2.35. The molecule has 0 atom stereocenters. The number of hydrogen-bond donors (Lipinski definition) is 0. The fourth-order valence-corrected chi connectivity index (χ4v) is 2.82. The molecule has 0 saturated carbocycles. The lowest BCUT2D eigenvalue weighted by molar-refractivity contribution is 0.535. The van der Waals surface area contributed by atoms with Gasteiger partial charge in [0.2, 0.25) is 0 Å². The number of benzene rings is 1. The molecular weight excluding hydrogens is 331 g/mol. The Labute approximate surface area is 136 Å². The van der Waals surface area contributed by atoms with E-state index in [2.05, 4.69) is 9.97 Å². The molecule has 0 aliphatic carbocycles. The van der Waals surface area contributed by atoms with E-state index in [1.54, 1.807) is 24.5 Å². The van der Waals surface area contributed by atoms with Crippen molar-refractivity contribution in [1.29, 1.82) is 0 Å². The summed E-state index contributed by atoms with van der Waals surface area (Å²) in [5.74, 6) is 1.14. The summed E-state index contributed by atoms with van der Waals surface area (Å²) in [5.41, 5.74) is 2.09. The van der Waals surface area contributed by atoms with Crippen molar-refractivity contribution in [2.45, 2.75) is 6.92 Å². The second kappa shape index (κ2) is 5.68. The van der Waals surface area contributed by atoms with Crippen LogP contribution in [0.1, 0.15) is 5.76 Å². The number of hydrogen-bond acceptors (Lipinski definition) is 3. The van der Waals surface area contributed by atoms with Crippen molar-refractivity contribution in [3.63, 3.8) is 0 Å². The zero-order valence-corrected chi connectivity index (χ0v) is 13.2. The molecule has 2 heterocycles. The fraction of sp³-hybridized carbons (Fsp3) is 0.0667. The molecule has 0 N–H and O–H groups in total. The van der Waals surface area contributed by atoms with E-state index in [-0.39, 0.29) is 10.3 Å². The molecule has 3 nitrogen and oxygen atoms in total. The van der Waals surface area contributed by atoms with E-state index in [4.69, 9.17) is 39.2 Å². The van der Waals surface area contributed by atoms with Gasteiger partial charge in [-0.05, 0) is 30.7 Å². The molecule has 0 aliphatic rings. The summed E-state index contributed by atoms with van der Waals surface area (Å²) in [6.45, 7) is 1.82. The molecule has 0 fully saturated rings. The molecule has 0 saturated heterocycles. The summed E-state index contributed by atoms with van der Waals surface area (Å²) in [5, 5.41) is 1.13. The minimum absolute atomic E-state index is 0.271. The number of aromatic nitrogens is 2. The lowest BCUT2D eigenvalue weighted by atomic mass is 10.1. The van der Waals surface area contributed by atoms with E-state index in [0.29, 0.717) is 22.2 Å². The molecule has 1 aromatic carbocycles. The first-order chi connectivity index (χ1) is 10.1. The van der Waals surface area contributed by atoms with Crippen LogP contribution in [0.2, 0.25) is 15.3 Å². The molecule has 0 bridgehead atoms. The molecule has 0 radical (unpaired) electrons. The van der Waals surface area contributed by atoms with Gasteiger partial charge in [0.15, 0.2) is 5.82 Å². The van der Waals surface area contributed by atoms with Crippen molar-refractivity contribution in [3.05, 3.63) is 57.7 Å². The van der Waals surface area contributed by atoms with Gasteiger partial charge in [-0.1, -0.05) is 46.9 Å². The van der Waals surface area contributed by atoms with E-state index in [1.165, 1.54) is 0 Å². The van der Waals surface area contributed by atoms with Crippen LogP contribution in [0, 0.1) is 6.92 Å². The quantitative estimate of drug-likeness (QED) is 0.564. The van der Waals surface area contributed by atoms with Crippen molar-refractivity contribution in [2.24, 2.45) is 0 Å². The van der Waals surface area contributed by atoms with Gasteiger partial charge in [-0.3, -0.25) is 0 Å². The Hall–Kier alpha value is -1.55. The molecular formula is C15H9Cl3N2O. The Balaban J connectivity index is 2.15. The number of halogens is 3. The highest BCUT2D eigenvalue weighted by Gasteiger charge is 2.16. The number of furan rings is 1. The second-order valence-electron chi connectivity index (χ2n) is 4.40. The molecule has 6 heteroatoms. The molecule has 2 aromatic heterocycles. The van der Waals surface area contributed by atoms with Crippen molar-refractivity contribution in [3.8, 4) is 22.5 Å². The fourth-order valence-electron chi connectivity index (χ4n) is 2.03. The summed E-state index contributed by atoms with van der Waals surface area (Å²) >= 11 is 18.6. The second-order valence-corrected chi connectivity index (χ2v) is 5.56. The molecule has 106 valence electrons. The van der Waals surface area contributed by atoms with Crippen LogP contribution < -0.4 is 0 Å². The van der Waals surface area contributed by atoms with Crippen LogP contribution in [0.15, 0.2) is 41.0 Å². The Morgan fingerprint density at radius 3 is 2.29 bits per heavy atom. The third kappa shape index (κ3) is 2.77. The Kier molecular flexibility index (Phi) is 3.89. The summed E-state index contributed by atoms with van der Waals surface area (Å²) < 4.78 is 5.25. The zero-order valence-electron chi connectivity index (χ0n) is 10.9. The summed E-state index contributed by atoms with van der Waals surface area (Å²) in [6, 6.07) is 8.98. The average Bonchev–Trinajstić information content (AvgIpc) is 2.84. The Bertz CT molecular complexity index is 791. The molecule has 21 heavy (non-hydrogen) atoms. The Morgan fingerprint density at radius 1 is 1.00 bits per heavy atom. The van der Waals surface area contributed by atoms with Crippen LogP contribution in [-0.4, -0.2) is 9.97 Å². The van der Waals surface area contributed by atoms with Crippen LogP contribution in [0.25, 0.3) is 22.5 Å². The highest BCUT2D eigenvalue weighted by molar-refractivity contribution is 6.38. The minimum atomic E-state index is 0.271. The maximum absolute atomic E-state index is 6.28. The summed E-state index contributed by atoms with van der Waals surface area (Å²) in [7, 11) is 0. The maximum Gasteiger partial charge on any atom is 0.166 e. The van der Waals surface area contributed by atoms with Gasteiger partial charge in [0.25, 0.3) is 0 Å². The van der Waals surface area contributed by atoms with E-state index >= 15 is 0 Å². The van der Waals surface area contributed by atoms with Gasteiger partial charge >= 0.3 is 0 Å². The third-order valence-corrected chi connectivity index (χ3v) is 3.82. The van der Waals surface area contributed by atoms with Gasteiger partial charge in [-0.25, -0.2) is 9.97 Å². The molecule has 0 amide bonds. The highest BCUT2D eigenvalue weighted by atomic mass is 35.5. The SMILES string of the molecule is Cc1occc1-c1nc(Cl)c(-c2cccc(Cl)c2)c(Cl)n1. The van der Waals surface area contributed by atoms with Gasteiger partial charge in [0.1, 0.15) is 16.1 Å². The average molecular weight is 340 g/mol. The van der Waals surface area contributed by atoms with Gasteiger partial charge in [0, 0.05) is 5.02 Å². The van der Waals surface area contributed by atoms with Gasteiger partial charge < -0.3 is 4.42 Å². The molecule has 0 aliphatic heterocycles. The van der Waals surface area contributed by atoms with Crippen LogP contribution in [0.4, 0.5) is 0 Å². The maximum atomic E-state index is 6.28. The first-order valence-electron chi connectivity index (χ1n) is 6.09. The van der Waals surface area contributed by atoms with Crippen molar-refractivity contribution >= 4 is 34.8 Å². The normalized spacial score (nSPS) is 10.9. The number of nitrogens with zero attached hydrogens (tertiary/aromatic N) is 2. The first-order valence-corrected chi connectivity index (χ1v) is 7.23. The summed E-state index contributed by atoms with van der Waals surface area (Å²) in [4.78, 5) is 8.62.